The van der Waals surface area contributed by atoms with Gasteiger partial charge in [-0.2, -0.15) is 0 Å². The molecule has 0 N–H and O–H groups in total. The Hall–Kier alpha value is -0.120. The van der Waals surface area contributed by atoms with Crippen LogP contribution in [-0.4, -0.2) is 22.8 Å². The van der Waals surface area contributed by atoms with E-state index in [1.54, 1.807) is 12.1 Å². The monoisotopic (exact) mass is 333 g/mol. The van der Waals surface area contributed by atoms with Gasteiger partial charge in [0.1, 0.15) is 5.82 Å². The second-order valence-corrected chi connectivity index (χ2v) is 5.93. The average molecular weight is 335 g/mol. The van der Waals surface area contributed by atoms with Crippen LogP contribution in [0.1, 0.15) is 31.2 Å². The molecule has 18 heavy (non-hydrogen) atoms. The summed E-state index contributed by atoms with van der Waals surface area (Å²) in [6.45, 7) is 1.91. The summed E-state index contributed by atoms with van der Waals surface area (Å²) in [5.41, 5.74) is 1.00. The van der Waals surface area contributed by atoms with Crippen LogP contribution < -0.4 is 0 Å². The molecule has 0 aromatic heterocycles. The van der Waals surface area contributed by atoms with Crippen molar-refractivity contribution in [2.45, 2.75) is 38.3 Å². The molecule has 4 heteroatoms. The fourth-order valence-corrected chi connectivity index (χ4v) is 3.34. The van der Waals surface area contributed by atoms with Crippen LogP contribution in [0, 0.1) is 5.82 Å². The molecule has 1 atom stereocenters. The maximum atomic E-state index is 13.4. The third-order valence-corrected chi connectivity index (χ3v) is 4.60. The Kier molecular flexibility index (Phi) is 5.46. The normalized spacial score (nSPS) is 21.8. The number of hydrogen-bond donors (Lipinski definition) is 0. The zero-order valence-corrected chi connectivity index (χ0v) is 12.7. The predicted octanol–water partition coefficient (Wildman–Crippen LogP) is 4.62. The van der Waals surface area contributed by atoms with E-state index >= 15 is 0 Å². The van der Waals surface area contributed by atoms with Crippen LogP contribution in [-0.2, 0) is 6.54 Å². The van der Waals surface area contributed by atoms with Crippen LogP contribution in [0.2, 0.25) is 5.02 Å². The van der Waals surface area contributed by atoms with E-state index in [1.165, 1.54) is 25.7 Å². The van der Waals surface area contributed by atoms with Gasteiger partial charge in [-0.25, -0.2) is 4.39 Å². The molecule has 0 spiro atoms. The van der Waals surface area contributed by atoms with Crippen molar-refractivity contribution in [1.82, 2.24) is 4.90 Å². The van der Waals surface area contributed by atoms with Gasteiger partial charge in [0.2, 0.25) is 0 Å². The molecular weight excluding hydrogens is 317 g/mol. The predicted molar refractivity (Wildman–Crippen MR) is 77.9 cm³/mol. The standard InChI is InChI=1S/C14H18BrClFN/c15-9-12-4-2-1-3-7-18(12)10-11-5-6-13(16)14(17)8-11/h5-6,8,12H,1-4,7,9-10H2. The Bertz CT molecular complexity index is 399. The van der Waals surface area contributed by atoms with Crippen LogP contribution in [0.15, 0.2) is 18.2 Å². The molecule has 100 valence electrons. The molecule has 1 aromatic carbocycles. The molecule has 1 nitrogen and oxygen atoms in total. The molecule has 0 saturated carbocycles. The van der Waals surface area contributed by atoms with Crippen LogP contribution in [0.4, 0.5) is 4.39 Å². The van der Waals surface area contributed by atoms with E-state index < -0.39 is 0 Å². The van der Waals surface area contributed by atoms with Gasteiger partial charge in [-0.05, 0) is 37.1 Å². The van der Waals surface area contributed by atoms with Crippen LogP contribution in [0.3, 0.4) is 0 Å². The molecule has 0 bridgehead atoms. The van der Waals surface area contributed by atoms with Crippen molar-refractivity contribution in [3.63, 3.8) is 0 Å². The minimum atomic E-state index is -0.320. The summed E-state index contributed by atoms with van der Waals surface area (Å²) in [7, 11) is 0. The number of halogens is 3. The lowest BCUT2D eigenvalue weighted by Crippen LogP contribution is -2.35. The summed E-state index contributed by atoms with van der Waals surface area (Å²) >= 11 is 9.30. The maximum Gasteiger partial charge on any atom is 0.142 e. The smallest absolute Gasteiger partial charge is 0.142 e. The van der Waals surface area contributed by atoms with Gasteiger partial charge >= 0.3 is 0 Å². The first kappa shape index (κ1) is 14.3. The molecule has 1 saturated heterocycles. The summed E-state index contributed by atoms with van der Waals surface area (Å²) in [5.74, 6) is -0.320. The minimum Gasteiger partial charge on any atom is -0.295 e. The lowest BCUT2D eigenvalue weighted by atomic mass is 10.1. The van der Waals surface area contributed by atoms with E-state index in [2.05, 4.69) is 20.8 Å². The number of benzene rings is 1. The van der Waals surface area contributed by atoms with Gasteiger partial charge < -0.3 is 0 Å². The molecule has 2 rings (SSSR count). The lowest BCUT2D eigenvalue weighted by molar-refractivity contribution is 0.209. The molecular formula is C14H18BrClFN. The highest BCUT2D eigenvalue weighted by Gasteiger charge is 2.20. The lowest BCUT2D eigenvalue weighted by Gasteiger charge is -2.28. The van der Waals surface area contributed by atoms with Gasteiger partial charge in [-0.1, -0.05) is 46.4 Å². The van der Waals surface area contributed by atoms with Gasteiger partial charge in [-0.15, -0.1) is 0 Å². The second-order valence-electron chi connectivity index (χ2n) is 4.88. The SMILES string of the molecule is Fc1cc(CN2CCCCCC2CBr)ccc1Cl. The first-order valence-electron chi connectivity index (χ1n) is 6.44. The summed E-state index contributed by atoms with van der Waals surface area (Å²) in [4.78, 5) is 2.45. The average Bonchev–Trinajstić information content (AvgIpc) is 2.59. The number of likely N-dealkylation sites (tertiary alicyclic amines) is 1. The first-order valence-corrected chi connectivity index (χ1v) is 7.94. The third kappa shape index (κ3) is 3.69. The maximum absolute atomic E-state index is 13.4. The van der Waals surface area contributed by atoms with Crippen molar-refractivity contribution >= 4 is 27.5 Å². The Morgan fingerprint density at radius 2 is 2.17 bits per heavy atom. The van der Waals surface area contributed by atoms with Crippen molar-refractivity contribution < 1.29 is 4.39 Å². The Balaban J connectivity index is 2.07. The molecule has 1 aromatic rings. The van der Waals surface area contributed by atoms with Gasteiger partial charge in [-0.3, -0.25) is 4.90 Å². The summed E-state index contributed by atoms with van der Waals surface area (Å²) in [6, 6.07) is 5.68. The number of hydrogen-bond acceptors (Lipinski definition) is 1. The van der Waals surface area contributed by atoms with E-state index in [9.17, 15) is 4.39 Å². The minimum absolute atomic E-state index is 0.201. The van der Waals surface area contributed by atoms with Crippen molar-refractivity contribution in [2.75, 3.05) is 11.9 Å². The molecule has 1 fully saturated rings. The van der Waals surface area contributed by atoms with Gasteiger partial charge in [0.05, 0.1) is 5.02 Å². The van der Waals surface area contributed by atoms with Crippen molar-refractivity contribution in [1.29, 1.82) is 0 Å². The first-order chi connectivity index (χ1) is 8.70. The Labute approximate surface area is 121 Å². The highest BCUT2D eigenvalue weighted by molar-refractivity contribution is 9.09. The van der Waals surface area contributed by atoms with Crippen LogP contribution in [0.25, 0.3) is 0 Å². The number of nitrogens with zero attached hydrogens (tertiary/aromatic N) is 1. The number of alkyl halides is 1. The van der Waals surface area contributed by atoms with Crippen molar-refractivity contribution in [3.8, 4) is 0 Å². The molecule has 1 unspecified atom stereocenters. The zero-order chi connectivity index (χ0) is 13.0. The highest BCUT2D eigenvalue weighted by atomic mass is 79.9. The molecule has 0 aliphatic carbocycles. The van der Waals surface area contributed by atoms with Gasteiger partial charge in [0.15, 0.2) is 0 Å². The molecule has 1 aliphatic heterocycles. The highest BCUT2D eigenvalue weighted by Crippen LogP contribution is 2.22. The second kappa shape index (κ2) is 6.88. The fraction of sp³-hybridized carbons (Fsp3) is 0.571. The zero-order valence-electron chi connectivity index (χ0n) is 10.3. The van der Waals surface area contributed by atoms with E-state index in [-0.39, 0.29) is 10.8 Å². The summed E-state index contributed by atoms with van der Waals surface area (Å²) in [6.07, 6.45) is 5.05. The largest absolute Gasteiger partial charge is 0.295 e. The summed E-state index contributed by atoms with van der Waals surface area (Å²) < 4.78 is 13.4. The van der Waals surface area contributed by atoms with E-state index in [0.717, 1.165) is 24.0 Å². The Morgan fingerprint density at radius 1 is 1.33 bits per heavy atom. The quantitative estimate of drug-likeness (QED) is 0.729. The number of rotatable bonds is 3. The molecule has 0 amide bonds. The Morgan fingerprint density at radius 3 is 2.89 bits per heavy atom. The van der Waals surface area contributed by atoms with E-state index in [0.29, 0.717) is 6.04 Å². The molecule has 1 aliphatic rings. The van der Waals surface area contributed by atoms with Crippen molar-refractivity contribution in [3.05, 3.63) is 34.6 Å². The fourth-order valence-electron chi connectivity index (χ4n) is 2.49. The molecule has 1 heterocycles. The van der Waals surface area contributed by atoms with Crippen molar-refractivity contribution in [2.24, 2.45) is 0 Å². The van der Waals surface area contributed by atoms with Crippen LogP contribution in [0.5, 0.6) is 0 Å². The van der Waals surface area contributed by atoms with Gasteiger partial charge in [0, 0.05) is 17.9 Å². The third-order valence-electron chi connectivity index (χ3n) is 3.55. The molecule has 0 radical (unpaired) electrons. The topological polar surface area (TPSA) is 3.24 Å². The summed E-state index contributed by atoms with van der Waals surface area (Å²) in [5, 5.41) is 1.19. The van der Waals surface area contributed by atoms with E-state index in [1.807, 2.05) is 6.07 Å². The van der Waals surface area contributed by atoms with Gasteiger partial charge in [0.25, 0.3) is 0 Å². The van der Waals surface area contributed by atoms with Crippen LogP contribution >= 0.6 is 27.5 Å². The van der Waals surface area contributed by atoms with E-state index in [4.69, 9.17) is 11.6 Å².